The first-order valence-electron chi connectivity index (χ1n) is 24.2. The quantitative estimate of drug-likeness (QED) is 0.159. The van der Waals surface area contributed by atoms with Crippen molar-refractivity contribution in [2.75, 3.05) is 9.80 Å². The number of fused-ring (bicyclic) bond motifs is 11. The van der Waals surface area contributed by atoms with Crippen LogP contribution in [0.25, 0.3) is 87.3 Å². The van der Waals surface area contributed by atoms with Crippen molar-refractivity contribution >= 4 is 110 Å². The van der Waals surface area contributed by atoms with E-state index in [1.54, 1.807) is 0 Å². The monoisotopic (exact) mass is 924 g/mol. The van der Waals surface area contributed by atoms with E-state index in [4.69, 9.17) is 18.3 Å². The SMILES string of the molecule is c1ccc2c(c1)Oc1c(c(N(c3ccc4ccccc4c3)c3ccc4c(c3)oc3ccccc34)c3ccccc3c1-c1ccc(N(c3ccc4ccccc4c3)c3ccc4c(c3)oc3ccccc34)cc1)O2. The molecule has 0 unspecified atom stereocenters. The molecule has 0 radical (unpaired) electrons. The summed E-state index contributed by atoms with van der Waals surface area (Å²) in [5, 5.41) is 10.9. The first-order chi connectivity index (χ1) is 35.7. The van der Waals surface area contributed by atoms with Crippen LogP contribution in [0.3, 0.4) is 0 Å². The smallest absolute Gasteiger partial charge is 0.195 e. The Hall–Kier alpha value is -9.78. The molecule has 0 saturated carbocycles. The molecule has 2 aromatic heterocycles. The summed E-state index contributed by atoms with van der Waals surface area (Å²) in [6.07, 6.45) is 0. The molecule has 3 heterocycles. The molecule has 338 valence electrons. The lowest BCUT2D eigenvalue weighted by Crippen LogP contribution is -2.14. The molecular weight excluding hydrogens is 885 g/mol. The molecule has 0 fully saturated rings. The molecule has 0 bridgehead atoms. The maximum Gasteiger partial charge on any atom is 0.195 e. The minimum atomic E-state index is 0.612. The van der Waals surface area contributed by atoms with E-state index in [1.807, 2.05) is 48.5 Å². The van der Waals surface area contributed by atoms with Crippen molar-refractivity contribution in [2.24, 2.45) is 0 Å². The Kier molecular flexibility index (Phi) is 8.86. The van der Waals surface area contributed by atoms with Crippen LogP contribution in [0.15, 0.2) is 251 Å². The van der Waals surface area contributed by atoms with E-state index in [0.29, 0.717) is 23.0 Å². The van der Waals surface area contributed by atoms with Crippen LogP contribution in [-0.2, 0) is 0 Å². The van der Waals surface area contributed by atoms with Crippen molar-refractivity contribution in [3.63, 3.8) is 0 Å². The van der Waals surface area contributed by atoms with Crippen molar-refractivity contribution < 1.29 is 18.3 Å². The number of nitrogens with zero attached hydrogens (tertiary/aromatic N) is 2. The van der Waals surface area contributed by atoms with Crippen LogP contribution in [0.1, 0.15) is 0 Å². The third-order valence-corrected chi connectivity index (χ3v) is 14.2. The minimum absolute atomic E-state index is 0.612. The zero-order valence-corrected chi connectivity index (χ0v) is 38.6. The lowest BCUT2D eigenvalue weighted by atomic mass is 9.93. The van der Waals surface area contributed by atoms with Gasteiger partial charge < -0.3 is 28.1 Å². The highest BCUT2D eigenvalue weighted by Crippen LogP contribution is 2.60. The van der Waals surface area contributed by atoms with Gasteiger partial charge in [0.25, 0.3) is 0 Å². The van der Waals surface area contributed by atoms with Gasteiger partial charge in [0.2, 0.25) is 0 Å². The van der Waals surface area contributed by atoms with Crippen LogP contribution in [0.2, 0.25) is 0 Å². The molecule has 15 rings (SSSR count). The summed E-state index contributed by atoms with van der Waals surface area (Å²) in [5.41, 5.74) is 11.0. The molecule has 12 aromatic carbocycles. The third-order valence-electron chi connectivity index (χ3n) is 14.2. The number of para-hydroxylation sites is 4. The molecule has 0 amide bonds. The van der Waals surface area contributed by atoms with E-state index in [0.717, 1.165) is 116 Å². The van der Waals surface area contributed by atoms with Crippen LogP contribution >= 0.6 is 0 Å². The van der Waals surface area contributed by atoms with Gasteiger partial charge in [-0.15, -0.1) is 0 Å². The number of rotatable bonds is 7. The largest absolute Gasteiger partial charge is 0.456 e. The Morgan fingerprint density at radius 3 is 1.28 bits per heavy atom. The number of anilines is 6. The fourth-order valence-corrected chi connectivity index (χ4v) is 10.9. The highest BCUT2D eigenvalue weighted by Gasteiger charge is 2.33. The van der Waals surface area contributed by atoms with E-state index in [2.05, 4.69) is 204 Å². The Morgan fingerprint density at radius 1 is 0.264 bits per heavy atom. The average Bonchev–Trinajstić information content (AvgIpc) is 4.00. The average molecular weight is 925 g/mol. The summed E-state index contributed by atoms with van der Waals surface area (Å²) in [6, 6.07) is 84.9. The number of ether oxygens (including phenoxy) is 2. The summed E-state index contributed by atoms with van der Waals surface area (Å²) in [6.45, 7) is 0. The zero-order chi connectivity index (χ0) is 47.3. The molecular formula is C66H40N2O4. The van der Waals surface area contributed by atoms with Crippen LogP contribution < -0.4 is 19.3 Å². The van der Waals surface area contributed by atoms with Gasteiger partial charge in [-0.25, -0.2) is 0 Å². The predicted octanol–water partition coefficient (Wildman–Crippen LogP) is 19.4. The Balaban J connectivity index is 0.941. The van der Waals surface area contributed by atoms with Gasteiger partial charge in [-0.3, -0.25) is 0 Å². The summed E-state index contributed by atoms with van der Waals surface area (Å²) in [5.74, 6) is 2.53. The molecule has 0 N–H and O–H groups in total. The molecule has 72 heavy (non-hydrogen) atoms. The van der Waals surface area contributed by atoms with E-state index in [9.17, 15) is 0 Å². The number of hydrogen-bond donors (Lipinski definition) is 0. The lowest BCUT2D eigenvalue weighted by Gasteiger charge is -2.33. The van der Waals surface area contributed by atoms with Crippen LogP contribution in [-0.4, -0.2) is 0 Å². The molecule has 0 spiro atoms. The highest BCUT2D eigenvalue weighted by molar-refractivity contribution is 6.14. The second-order valence-electron chi connectivity index (χ2n) is 18.4. The first-order valence-corrected chi connectivity index (χ1v) is 24.2. The van der Waals surface area contributed by atoms with Crippen molar-refractivity contribution in [3.8, 4) is 34.1 Å². The molecule has 6 nitrogen and oxygen atoms in total. The van der Waals surface area contributed by atoms with E-state index >= 15 is 0 Å². The van der Waals surface area contributed by atoms with Gasteiger partial charge in [-0.2, -0.15) is 0 Å². The Morgan fingerprint density at radius 2 is 0.681 bits per heavy atom. The fraction of sp³-hybridized carbons (Fsp3) is 0. The van der Waals surface area contributed by atoms with Gasteiger partial charge in [0, 0.05) is 67.4 Å². The van der Waals surface area contributed by atoms with Crippen molar-refractivity contribution in [2.45, 2.75) is 0 Å². The summed E-state index contributed by atoms with van der Waals surface area (Å²) in [4.78, 5) is 4.60. The molecule has 1 aliphatic heterocycles. The minimum Gasteiger partial charge on any atom is -0.456 e. The van der Waals surface area contributed by atoms with E-state index in [1.165, 1.54) is 5.39 Å². The van der Waals surface area contributed by atoms with Crippen molar-refractivity contribution in [1.82, 2.24) is 0 Å². The summed E-state index contributed by atoms with van der Waals surface area (Å²) in [7, 11) is 0. The fourth-order valence-electron chi connectivity index (χ4n) is 10.9. The molecule has 14 aromatic rings. The van der Waals surface area contributed by atoms with Crippen LogP contribution in [0.4, 0.5) is 34.1 Å². The maximum absolute atomic E-state index is 7.19. The number of furan rings is 2. The summed E-state index contributed by atoms with van der Waals surface area (Å²) < 4.78 is 27.3. The van der Waals surface area contributed by atoms with Crippen molar-refractivity contribution in [3.05, 3.63) is 243 Å². The Bertz CT molecular complexity index is 4490. The van der Waals surface area contributed by atoms with Crippen LogP contribution in [0.5, 0.6) is 23.0 Å². The molecule has 0 atom stereocenters. The Labute approximate surface area is 413 Å². The van der Waals surface area contributed by atoms with Gasteiger partial charge in [0.15, 0.2) is 23.0 Å². The van der Waals surface area contributed by atoms with E-state index < -0.39 is 0 Å². The zero-order valence-electron chi connectivity index (χ0n) is 38.6. The van der Waals surface area contributed by atoms with Gasteiger partial charge >= 0.3 is 0 Å². The second kappa shape index (κ2) is 15.9. The van der Waals surface area contributed by atoms with Crippen LogP contribution in [0, 0.1) is 0 Å². The third kappa shape index (κ3) is 6.36. The topological polar surface area (TPSA) is 51.2 Å². The van der Waals surface area contributed by atoms with Crippen molar-refractivity contribution in [1.29, 1.82) is 0 Å². The van der Waals surface area contributed by atoms with Gasteiger partial charge in [0.05, 0.1) is 5.69 Å². The number of benzene rings is 12. The normalized spacial score (nSPS) is 12.1. The first kappa shape index (κ1) is 40.1. The molecule has 1 aliphatic rings. The molecule has 6 heteroatoms. The van der Waals surface area contributed by atoms with Gasteiger partial charge in [-0.1, -0.05) is 146 Å². The second-order valence-corrected chi connectivity index (χ2v) is 18.4. The molecule has 0 aliphatic carbocycles. The van der Waals surface area contributed by atoms with Gasteiger partial charge in [0.1, 0.15) is 28.0 Å². The van der Waals surface area contributed by atoms with Gasteiger partial charge in [-0.05, 0) is 117 Å². The highest BCUT2D eigenvalue weighted by atomic mass is 16.6. The standard InChI is InChI=1S/C66H40N2O4/c1-3-15-44-37-47(31-25-41(44)13-1)67(49-33-35-53-51-17-7-9-21-57(51)69-61(53)39-49)46-29-27-43(28-30-46)63-55-19-5-6-20-56(55)64(66-65(63)71-59-23-11-12-24-60(59)72-66)68(48-32-26-42-14-2-4-16-45(42)38-48)50-34-36-54-52-18-8-10-22-58(52)70-62(54)40-50/h1-40H. The predicted molar refractivity (Wildman–Crippen MR) is 295 cm³/mol. The number of hydrogen-bond acceptors (Lipinski definition) is 6. The molecule has 0 saturated heterocycles. The summed E-state index contributed by atoms with van der Waals surface area (Å²) >= 11 is 0. The van der Waals surface area contributed by atoms with E-state index in [-0.39, 0.29) is 0 Å². The lowest BCUT2D eigenvalue weighted by molar-refractivity contribution is 0.362. The maximum atomic E-state index is 7.19.